The molecular weight excluding hydrogens is 919 g/mol. The van der Waals surface area contributed by atoms with Crippen molar-refractivity contribution in [2.45, 2.75) is 111 Å². The van der Waals surface area contributed by atoms with Crippen LogP contribution in [0.1, 0.15) is 125 Å². The minimum absolute atomic E-state index is 0.0115. The van der Waals surface area contributed by atoms with Crippen LogP contribution in [0.4, 0.5) is 0 Å². The van der Waals surface area contributed by atoms with E-state index in [1.54, 1.807) is 60.9 Å². The first kappa shape index (κ1) is 57.2. The van der Waals surface area contributed by atoms with Crippen LogP contribution in [0.25, 0.3) is 18.2 Å². The van der Waals surface area contributed by atoms with E-state index in [9.17, 15) is 14.4 Å². The molecule has 0 saturated carbocycles. The Morgan fingerprint density at radius 2 is 0.877 bits per heavy atom. The Bertz CT molecular complexity index is 2510. The van der Waals surface area contributed by atoms with E-state index < -0.39 is 0 Å². The zero-order valence-electron chi connectivity index (χ0n) is 45.1. The number of rotatable bonds is 21. The van der Waals surface area contributed by atoms with Gasteiger partial charge in [0, 0.05) is 44.4 Å². The van der Waals surface area contributed by atoms with Gasteiger partial charge in [-0.25, -0.2) is 0 Å². The summed E-state index contributed by atoms with van der Waals surface area (Å²) in [6.45, 7) is 9.61. The van der Waals surface area contributed by atoms with Crippen molar-refractivity contribution in [1.82, 2.24) is 15.5 Å². The van der Waals surface area contributed by atoms with Crippen molar-refractivity contribution in [3.8, 4) is 34.5 Å². The number of ether oxygens (including phenoxy) is 6. The Morgan fingerprint density at radius 3 is 1.27 bits per heavy atom. The Kier molecular flexibility index (Phi) is 23.8. The molecule has 12 nitrogen and oxygen atoms in total. The van der Waals surface area contributed by atoms with Crippen LogP contribution < -0.4 is 39.1 Å². The third-order valence-corrected chi connectivity index (χ3v) is 13.3. The third-order valence-electron chi connectivity index (χ3n) is 13.3. The van der Waals surface area contributed by atoms with Crippen molar-refractivity contribution in [3.05, 3.63) is 123 Å². The summed E-state index contributed by atoms with van der Waals surface area (Å²) in [7, 11) is 9.88. The molecule has 3 aromatic carbocycles. The Labute approximate surface area is 435 Å². The lowest BCUT2D eigenvalue weighted by molar-refractivity contribution is -0.125. The minimum Gasteiger partial charge on any atom is -0.493 e. The second kappa shape index (κ2) is 30.4. The predicted octanol–water partition coefficient (Wildman–Crippen LogP) is 11.6. The first-order valence-electron chi connectivity index (χ1n) is 26.2. The fourth-order valence-electron chi connectivity index (χ4n) is 9.04. The van der Waals surface area contributed by atoms with Crippen LogP contribution in [0.15, 0.2) is 89.6 Å². The summed E-state index contributed by atoms with van der Waals surface area (Å²) >= 11 is 0. The number of fused-ring (bicyclic) bond motifs is 3. The molecule has 12 heteroatoms. The molecule has 2 N–H and O–H groups in total. The van der Waals surface area contributed by atoms with Crippen molar-refractivity contribution in [2.75, 3.05) is 68.8 Å². The summed E-state index contributed by atoms with van der Waals surface area (Å²) in [5.74, 6) is 5.00. The van der Waals surface area contributed by atoms with Crippen LogP contribution in [-0.2, 0) is 33.6 Å². The van der Waals surface area contributed by atoms with Gasteiger partial charge in [-0.1, -0.05) is 89.3 Å². The maximum Gasteiger partial charge on any atom is 0.246 e. The number of hydrogen-bond acceptors (Lipinski definition) is 9. The zero-order valence-corrected chi connectivity index (χ0v) is 45.1. The number of nitrogens with one attached hydrogen (secondary N) is 2. The molecule has 3 aromatic rings. The van der Waals surface area contributed by atoms with Crippen LogP contribution in [0.3, 0.4) is 0 Å². The largest absolute Gasteiger partial charge is 0.493 e. The topological polar surface area (TPSA) is 134 Å². The molecule has 0 aromatic heterocycles. The number of carbonyl (C=O) groups excluding carboxylic acids is 3. The molecule has 0 unspecified atom stereocenters. The highest BCUT2D eigenvalue weighted by Gasteiger charge is 2.19. The molecule has 1 heterocycles. The van der Waals surface area contributed by atoms with Crippen molar-refractivity contribution >= 4 is 35.9 Å². The lowest BCUT2D eigenvalue weighted by atomic mass is 9.91. The SMILES string of the molecule is CCCCCCCCNC(=O)C=CC1=Cc2cc(OC)c(OC)cc2CC1.COc1cc2c(cc1OC)CCC(C=CC(=O)N1CCCC1)=C2.COc1cc2c(cc1OC)CCC(C=CC(=O)NCC(C)C)=C2. The van der Waals surface area contributed by atoms with E-state index in [0.29, 0.717) is 12.5 Å². The number of allylic oxidation sites excluding steroid dienone is 6. The predicted molar refractivity (Wildman–Crippen MR) is 295 cm³/mol. The highest BCUT2D eigenvalue weighted by atomic mass is 16.5. The van der Waals surface area contributed by atoms with Crippen molar-refractivity contribution in [1.29, 1.82) is 0 Å². The summed E-state index contributed by atoms with van der Waals surface area (Å²) in [4.78, 5) is 37.8. The number of unbranched alkanes of at least 4 members (excludes halogenated alkanes) is 5. The van der Waals surface area contributed by atoms with Crippen LogP contribution >= 0.6 is 0 Å². The minimum atomic E-state index is -0.0438. The van der Waals surface area contributed by atoms with Crippen LogP contribution in [0.5, 0.6) is 34.5 Å². The molecule has 1 aliphatic heterocycles. The van der Waals surface area contributed by atoms with Gasteiger partial charge >= 0.3 is 0 Å². The molecule has 0 bridgehead atoms. The summed E-state index contributed by atoms with van der Waals surface area (Å²) in [5, 5.41) is 5.86. The van der Waals surface area contributed by atoms with E-state index in [2.05, 4.69) is 49.6 Å². The molecule has 0 radical (unpaired) electrons. The van der Waals surface area contributed by atoms with Gasteiger partial charge in [-0.15, -0.1) is 0 Å². The van der Waals surface area contributed by atoms with E-state index in [1.807, 2.05) is 59.5 Å². The van der Waals surface area contributed by atoms with Crippen LogP contribution in [0, 0.1) is 5.92 Å². The number of methoxy groups -OCH3 is 6. The van der Waals surface area contributed by atoms with Crippen molar-refractivity contribution in [2.24, 2.45) is 5.92 Å². The smallest absolute Gasteiger partial charge is 0.246 e. The number of hydrogen-bond donors (Lipinski definition) is 2. The maximum atomic E-state index is 12.1. The van der Waals surface area contributed by atoms with E-state index in [4.69, 9.17) is 28.4 Å². The van der Waals surface area contributed by atoms with Crippen LogP contribution in [0.2, 0.25) is 0 Å². The monoisotopic (exact) mass is 1000 g/mol. The van der Waals surface area contributed by atoms with Crippen molar-refractivity contribution < 1.29 is 42.8 Å². The number of aryl methyl sites for hydroxylation is 3. The molecule has 0 spiro atoms. The second-order valence-corrected chi connectivity index (χ2v) is 19.1. The molecule has 0 atom stereocenters. The van der Waals surface area contributed by atoms with Gasteiger partial charge in [-0.3, -0.25) is 14.4 Å². The van der Waals surface area contributed by atoms with E-state index in [0.717, 1.165) is 140 Å². The standard InChI is InChI=1S/C23H33NO3.C19H23NO3.C19H25NO3/c1-4-5-6-7-8-9-14-24-23(25)13-11-18-10-12-19-16-21(26-2)22(27-3)17-20(19)15-18;1-22-17-12-15-7-5-14(11-16(15)13-18(17)23-2)6-8-19(21)20-9-3-4-10-20;1-13(2)12-20-19(21)8-6-14-5-7-15-10-17(22-3)18(23-4)11-16(15)9-14/h11,13,15-17H,4-10,12,14H2,1-3H3,(H,24,25);6,8,11-13H,3-5,7,9-10H2,1-2H3;6,8-11,13H,5,7,12H2,1-4H3,(H,20,21). The zero-order chi connectivity index (χ0) is 52.5. The van der Waals surface area contributed by atoms with Gasteiger partial charge in [-0.2, -0.15) is 0 Å². The Balaban J connectivity index is 0.000000204. The quantitative estimate of drug-likeness (QED) is 0.0790. The number of nitrogens with zero attached hydrogens (tertiary/aromatic N) is 1. The molecule has 3 aliphatic carbocycles. The molecule has 1 saturated heterocycles. The first-order chi connectivity index (χ1) is 35.4. The summed E-state index contributed by atoms with van der Waals surface area (Å²) < 4.78 is 32.2. The lowest BCUT2D eigenvalue weighted by Gasteiger charge is -2.18. The summed E-state index contributed by atoms with van der Waals surface area (Å²) in [6, 6.07) is 12.1. The third kappa shape index (κ3) is 18.1. The number of amides is 3. The highest BCUT2D eigenvalue weighted by Crippen LogP contribution is 2.38. The van der Waals surface area contributed by atoms with Gasteiger partial charge in [0.2, 0.25) is 17.7 Å². The molecule has 1 fully saturated rings. The second-order valence-electron chi connectivity index (χ2n) is 19.1. The molecule has 394 valence electrons. The normalized spacial score (nSPS) is 14.6. The Hall–Kier alpha value is -6.69. The average Bonchev–Trinajstić information content (AvgIpc) is 3.97. The summed E-state index contributed by atoms with van der Waals surface area (Å²) in [6.07, 6.45) is 32.3. The van der Waals surface area contributed by atoms with E-state index >= 15 is 0 Å². The average molecular weight is 1000 g/mol. The van der Waals surface area contributed by atoms with Crippen molar-refractivity contribution in [3.63, 3.8) is 0 Å². The lowest BCUT2D eigenvalue weighted by Crippen LogP contribution is -2.25. The molecular formula is C61H81N3O9. The fourth-order valence-corrected chi connectivity index (χ4v) is 9.04. The van der Waals surface area contributed by atoms with Gasteiger partial charge in [0.15, 0.2) is 34.5 Å². The fraction of sp³-hybridized carbons (Fsp3) is 0.459. The number of likely N-dealkylation sites (tertiary alicyclic amines) is 1. The molecule has 7 rings (SSSR count). The van der Waals surface area contributed by atoms with Gasteiger partial charge in [0.25, 0.3) is 0 Å². The van der Waals surface area contributed by atoms with E-state index in [-0.39, 0.29) is 17.7 Å². The van der Waals surface area contributed by atoms with Gasteiger partial charge in [0.1, 0.15) is 0 Å². The van der Waals surface area contributed by atoms with Gasteiger partial charge < -0.3 is 44.0 Å². The molecule has 3 amide bonds. The summed E-state index contributed by atoms with van der Waals surface area (Å²) in [5.41, 5.74) is 10.6. The first-order valence-corrected chi connectivity index (χ1v) is 26.2. The highest BCUT2D eigenvalue weighted by molar-refractivity contribution is 5.89. The van der Waals surface area contributed by atoms with Gasteiger partial charge in [0.05, 0.1) is 42.7 Å². The molecule has 73 heavy (non-hydrogen) atoms. The van der Waals surface area contributed by atoms with Crippen LogP contribution in [-0.4, -0.2) is 91.5 Å². The molecule has 4 aliphatic rings. The number of carbonyl (C=O) groups is 3. The maximum absolute atomic E-state index is 12.1. The van der Waals surface area contributed by atoms with Gasteiger partial charge in [-0.05, 0) is 150 Å². The Morgan fingerprint density at radius 1 is 0.507 bits per heavy atom. The van der Waals surface area contributed by atoms with E-state index in [1.165, 1.54) is 54.4 Å². The number of benzene rings is 3.